The standard InChI is InChI=1S/C14H17N5S/c1-4-5-15-14-17-12(19-8-9(2)7-16-19)11-6-10(3)20-13(11)18-14/h6-8H,4-5H2,1-3H3,(H,15,17,18). The van der Waals surface area contributed by atoms with E-state index >= 15 is 0 Å². The Morgan fingerprint density at radius 2 is 2.15 bits per heavy atom. The van der Waals surface area contributed by atoms with Gasteiger partial charge in [-0.3, -0.25) is 0 Å². The maximum Gasteiger partial charge on any atom is 0.226 e. The molecule has 0 aromatic carbocycles. The summed E-state index contributed by atoms with van der Waals surface area (Å²) in [5.74, 6) is 1.51. The van der Waals surface area contributed by atoms with E-state index < -0.39 is 0 Å². The first-order valence-electron chi connectivity index (χ1n) is 6.71. The van der Waals surface area contributed by atoms with Crippen LogP contribution in [0, 0.1) is 13.8 Å². The smallest absolute Gasteiger partial charge is 0.226 e. The fourth-order valence-corrected chi connectivity index (χ4v) is 2.92. The molecule has 0 saturated heterocycles. The maximum atomic E-state index is 4.62. The van der Waals surface area contributed by atoms with Crippen molar-refractivity contribution in [3.63, 3.8) is 0 Å². The van der Waals surface area contributed by atoms with Crippen LogP contribution in [0.4, 0.5) is 5.95 Å². The van der Waals surface area contributed by atoms with Crippen LogP contribution < -0.4 is 5.32 Å². The van der Waals surface area contributed by atoms with Gasteiger partial charge in [-0.2, -0.15) is 10.1 Å². The van der Waals surface area contributed by atoms with E-state index in [9.17, 15) is 0 Å². The fourth-order valence-electron chi connectivity index (χ4n) is 2.05. The van der Waals surface area contributed by atoms with E-state index in [0.717, 1.165) is 34.6 Å². The van der Waals surface area contributed by atoms with Gasteiger partial charge in [-0.25, -0.2) is 9.67 Å². The second-order valence-corrected chi connectivity index (χ2v) is 6.07. The molecule has 0 bridgehead atoms. The van der Waals surface area contributed by atoms with Crippen molar-refractivity contribution < 1.29 is 0 Å². The fraction of sp³-hybridized carbons (Fsp3) is 0.357. The zero-order valence-electron chi connectivity index (χ0n) is 11.8. The van der Waals surface area contributed by atoms with Crippen molar-refractivity contribution >= 4 is 27.5 Å². The molecule has 0 radical (unpaired) electrons. The Hall–Kier alpha value is -1.95. The van der Waals surface area contributed by atoms with Gasteiger partial charge in [0.05, 0.1) is 11.6 Å². The molecule has 5 nitrogen and oxygen atoms in total. The number of aromatic nitrogens is 4. The number of thiophene rings is 1. The third-order valence-electron chi connectivity index (χ3n) is 2.96. The molecular weight excluding hydrogens is 270 g/mol. The predicted octanol–water partition coefficient (Wildman–Crippen LogP) is 3.32. The zero-order valence-corrected chi connectivity index (χ0v) is 12.7. The number of hydrogen-bond acceptors (Lipinski definition) is 5. The number of fused-ring (bicyclic) bond motifs is 1. The van der Waals surface area contributed by atoms with Crippen LogP contribution in [0.1, 0.15) is 23.8 Å². The highest BCUT2D eigenvalue weighted by atomic mass is 32.1. The van der Waals surface area contributed by atoms with Crippen LogP contribution >= 0.6 is 11.3 Å². The maximum absolute atomic E-state index is 4.62. The molecule has 0 aliphatic carbocycles. The first-order chi connectivity index (χ1) is 9.67. The lowest BCUT2D eigenvalue weighted by Crippen LogP contribution is -2.07. The Bertz CT molecular complexity index is 743. The van der Waals surface area contributed by atoms with E-state index in [-0.39, 0.29) is 0 Å². The number of rotatable bonds is 4. The van der Waals surface area contributed by atoms with Crippen LogP contribution in [0.3, 0.4) is 0 Å². The van der Waals surface area contributed by atoms with E-state index in [1.165, 1.54) is 4.88 Å². The number of hydrogen-bond donors (Lipinski definition) is 1. The second-order valence-electron chi connectivity index (χ2n) is 4.84. The van der Waals surface area contributed by atoms with Gasteiger partial charge in [0.25, 0.3) is 0 Å². The van der Waals surface area contributed by atoms with Gasteiger partial charge < -0.3 is 5.32 Å². The molecule has 0 aliphatic heterocycles. The predicted molar refractivity (Wildman–Crippen MR) is 82.8 cm³/mol. The summed E-state index contributed by atoms with van der Waals surface area (Å²) in [7, 11) is 0. The van der Waals surface area contributed by atoms with Gasteiger partial charge in [0.2, 0.25) is 5.95 Å². The highest BCUT2D eigenvalue weighted by Crippen LogP contribution is 2.28. The van der Waals surface area contributed by atoms with Crippen LogP contribution in [-0.4, -0.2) is 26.3 Å². The van der Waals surface area contributed by atoms with Crippen molar-refractivity contribution in [1.82, 2.24) is 19.7 Å². The van der Waals surface area contributed by atoms with Gasteiger partial charge in [0.1, 0.15) is 4.83 Å². The minimum Gasteiger partial charge on any atom is -0.354 e. The van der Waals surface area contributed by atoms with Crippen LogP contribution in [0.2, 0.25) is 0 Å². The minimum absolute atomic E-state index is 0.671. The monoisotopic (exact) mass is 287 g/mol. The van der Waals surface area contributed by atoms with Crippen molar-refractivity contribution in [2.45, 2.75) is 27.2 Å². The number of aryl methyl sites for hydroxylation is 2. The number of nitrogens with zero attached hydrogens (tertiary/aromatic N) is 4. The van der Waals surface area contributed by atoms with Crippen molar-refractivity contribution in [2.24, 2.45) is 0 Å². The van der Waals surface area contributed by atoms with Crippen molar-refractivity contribution in [3.05, 3.63) is 28.9 Å². The molecule has 104 valence electrons. The molecule has 0 amide bonds. The third kappa shape index (κ3) is 2.38. The molecule has 1 N–H and O–H groups in total. The Balaban J connectivity index is 2.16. The molecular formula is C14H17N5S. The lowest BCUT2D eigenvalue weighted by Gasteiger charge is -2.07. The molecule has 0 unspecified atom stereocenters. The molecule has 3 aromatic rings. The molecule has 0 saturated carbocycles. The quantitative estimate of drug-likeness (QED) is 0.800. The van der Waals surface area contributed by atoms with E-state index in [4.69, 9.17) is 0 Å². The first kappa shape index (κ1) is 13.1. The van der Waals surface area contributed by atoms with Crippen LogP contribution in [0.15, 0.2) is 18.5 Å². The van der Waals surface area contributed by atoms with E-state index in [2.05, 4.69) is 40.3 Å². The van der Waals surface area contributed by atoms with Crippen LogP contribution in [-0.2, 0) is 0 Å². The van der Waals surface area contributed by atoms with Crippen LogP contribution in [0.5, 0.6) is 0 Å². The summed E-state index contributed by atoms with van der Waals surface area (Å²) in [6.07, 6.45) is 4.87. The Morgan fingerprint density at radius 1 is 1.30 bits per heavy atom. The summed E-state index contributed by atoms with van der Waals surface area (Å²) in [6.45, 7) is 7.10. The normalized spacial score (nSPS) is 11.2. The van der Waals surface area contributed by atoms with Gasteiger partial charge in [-0.1, -0.05) is 6.92 Å². The highest BCUT2D eigenvalue weighted by Gasteiger charge is 2.12. The number of nitrogens with one attached hydrogen (secondary N) is 1. The summed E-state index contributed by atoms with van der Waals surface area (Å²) in [4.78, 5) is 11.4. The molecule has 0 fully saturated rings. The Labute approximate surface area is 121 Å². The summed E-state index contributed by atoms with van der Waals surface area (Å²) < 4.78 is 1.82. The molecule has 6 heteroatoms. The van der Waals surface area contributed by atoms with Crippen molar-refractivity contribution in [1.29, 1.82) is 0 Å². The SMILES string of the molecule is CCCNc1nc(-n2cc(C)cn2)c2cc(C)sc2n1. The van der Waals surface area contributed by atoms with Crippen LogP contribution in [0.25, 0.3) is 16.0 Å². The van der Waals surface area contributed by atoms with Gasteiger partial charge in [0, 0.05) is 17.6 Å². The molecule has 0 aliphatic rings. The minimum atomic E-state index is 0.671. The summed E-state index contributed by atoms with van der Waals surface area (Å²) in [5, 5.41) is 8.68. The average molecular weight is 287 g/mol. The topological polar surface area (TPSA) is 55.6 Å². The third-order valence-corrected chi connectivity index (χ3v) is 3.90. The molecule has 3 aromatic heterocycles. The Kier molecular flexibility index (Phi) is 3.40. The molecule has 3 heterocycles. The highest BCUT2D eigenvalue weighted by molar-refractivity contribution is 7.18. The lowest BCUT2D eigenvalue weighted by atomic mass is 10.3. The van der Waals surface area contributed by atoms with E-state index in [0.29, 0.717) is 5.95 Å². The van der Waals surface area contributed by atoms with Crippen molar-refractivity contribution in [3.8, 4) is 5.82 Å². The first-order valence-corrected chi connectivity index (χ1v) is 7.52. The average Bonchev–Trinajstić information content (AvgIpc) is 3.00. The molecule has 0 atom stereocenters. The summed E-state index contributed by atoms with van der Waals surface area (Å²) in [5.41, 5.74) is 1.12. The Morgan fingerprint density at radius 3 is 2.85 bits per heavy atom. The molecule has 3 rings (SSSR count). The molecule has 0 spiro atoms. The molecule has 20 heavy (non-hydrogen) atoms. The van der Waals surface area contributed by atoms with Gasteiger partial charge in [-0.15, -0.1) is 11.3 Å². The number of anilines is 1. The van der Waals surface area contributed by atoms with Gasteiger partial charge in [-0.05, 0) is 31.9 Å². The summed E-state index contributed by atoms with van der Waals surface area (Å²) in [6, 6.07) is 2.12. The van der Waals surface area contributed by atoms with Crippen molar-refractivity contribution in [2.75, 3.05) is 11.9 Å². The van der Waals surface area contributed by atoms with E-state index in [1.54, 1.807) is 11.3 Å². The van der Waals surface area contributed by atoms with Gasteiger partial charge in [0.15, 0.2) is 5.82 Å². The van der Waals surface area contributed by atoms with Gasteiger partial charge >= 0.3 is 0 Å². The largest absolute Gasteiger partial charge is 0.354 e. The lowest BCUT2D eigenvalue weighted by molar-refractivity contribution is 0.848. The summed E-state index contributed by atoms with van der Waals surface area (Å²) >= 11 is 1.68. The second kappa shape index (κ2) is 5.20. The zero-order chi connectivity index (χ0) is 14.1. The van der Waals surface area contributed by atoms with E-state index in [1.807, 2.05) is 24.0 Å².